The third kappa shape index (κ3) is 2.29. The van der Waals surface area contributed by atoms with Crippen LogP contribution in [0.25, 0.3) is 0 Å². The van der Waals surface area contributed by atoms with Crippen molar-refractivity contribution in [1.82, 2.24) is 20.1 Å². The maximum Gasteiger partial charge on any atom is 0.149 e. The Labute approximate surface area is 108 Å². The van der Waals surface area contributed by atoms with E-state index in [2.05, 4.69) is 27.0 Å². The van der Waals surface area contributed by atoms with E-state index < -0.39 is 0 Å². The Kier molecular flexibility index (Phi) is 3.35. The molecule has 1 aromatic rings. The third-order valence-corrected chi connectivity index (χ3v) is 4.03. The van der Waals surface area contributed by atoms with Gasteiger partial charge in [0, 0.05) is 26.1 Å². The lowest BCUT2D eigenvalue weighted by molar-refractivity contribution is 0.151. The molecule has 5 heteroatoms. The van der Waals surface area contributed by atoms with E-state index in [0.717, 1.165) is 37.1 Å². The summed E-state index contributed by atoms with van der Waals surface area (Å²) in [6.45, 7) is 4.04. The van der Waals surface area contributed by atoms with Crippen molar-refractivity contribution in [1.29, 1.82) is 0 Å². The van der Waals surface area contributed by atoms with Crippen LogP contribution in [-0.2, 0) is 17.7 Å². The van der Waals surface area contributed by atoms with Gasteiger partial charge in [0.2, 0.25) is 0 Å². The number of methoxy groups -OCH3 is 1. The summed E-state index contributed by atoms with van der Waals surface area (Å²) >= 11 is 0. The smallest absolute Gasteiger partial charge is 0.149 e. The predicted octanol–water partition coefficient (Wildman–Crippen LogP) is 1.30. The number of fused-ring (bicyclic) bond motifs is 1. The quantitative estimate of drug-likeness (QED) is 0.827. The number of hydrogen-bond donors (Lipinski definition) is 1. The van der Waals surface area contributed by atoms with E-state index in [-0.39, 0.29) is 6.04 Å². The van der Waals surface area contributed by atoms with Crippen molar-refractivity contribution in [2.75, 3.05) is 13.7 Å². The zero-order valence-electron chi connectivity index (χ0n) is 11.2. The molecule has 1 saturated carbocycles. The second kappa shape index (κ2) is 4.97. The van der Waals surface area contributed by atoms with E-state index in [1.54, 1.807) is 7.11 Å². The monoisotopic (exact) mass is 250 g/mol. The van der Waals surface area contributed by atoms with Crippen LogP contribution in [0.3, 0.4) is 0 Å². The Morgan fingerprint density at radius 1 is 1.44 bits per heavy atom. The maximum atomic E-state index is 5.31. The van der Waals surface area contributed by atoms with Crippen molar-refractivity contribution in [2.45, 2.75) is 51.2 Å². The van der Waals surface area contributed by atoms with Gasteiger partial charge in [0.05, 0.1) is 12.6 Å². The topological polar surface area (TPSA) is 52.0 Å². The van der Waals surface area contributed by atoms with Gasteiger partial charge in [0.15, 0.2) is 0 Å². The van der Waals surface area contributed by atoms with Gasteiger partial charge in [-0.2, -0.15) is 0 Å². The summed E-state index contributed by atoms with van der Waals surface area (Å²) in [5.74, 6) is 3.02. The average molecular weight is 250 g/mol. The molecule has 2 unspecified atom stereocenters. The normalized spacial score (nSPS) is 21.9. The van der Waals surface area contributed by atoms with Crippen LogP contribution in [0.5, 0.6) is 0 Å². The second-order valence-electron chi connectivity index (χ2n) is 5.52. The molecule has 1 aliphatic heterocycles. The molecule has 0 bridgehead atoms. The van der Waals surface area contributed by atoms with Gasteiger partial charge in [-0.05, 0) is 32.1 Å². The molecule has 1 fully saturated rings. The lowest BCUT2D eigenvalue weighted by Crippen LogP contribution is -2.37. The van der Waals surface area contributed by atoms with Crippen molar-refractivity contribution in [3.05, 3.63) is 11.6 Å². The average Bonchev–Trinajstić information content (AvgIpc) is 2.95. The molecule has 18 heavy (non-hydrogen) atoms. The van der Waals surface area contributed by atoms with Gasteiger partial charge < -0.3 is 14.6 Å². The molecule has 2 heterocycles. The molecule has 1 aliphatic carbocycles. The van der Waals surface area contributed by atoms with E-state index in [1.165, 1.54) is 19.3 Å². The van der Waals surface area contributed by atoms with Gasteiger partial charge in [0.25, 0.3) is 0 Å². The van der Waals surface area contributed by atoms with Crippen LogP contribution < -0.4 is 5.32 Å². The van der Waals surface area contributed by atoms with Crippen LogP contribution >= 0.6 is 0 Å². The van der Waals surface area contributed by atoms with Crippen LogP contribution in [-0.4, -0.2) is 34.5 Å². The van der Waals surface area contributed by atoms with E-state index in [1.807, 2.05) is 0 Å². The minimum Gasteiger partial charge on any atom is -0.383 e. The first-order valence-corrected chi connectivity index (χ1v) is 6.96. The Morgan fingerprint density at radius 3 is 3.00 bits per heavy atom. The number of rotatable bonds is 6. The van der Waals surface area contributed by atoms with Crippen LogP contribution in [0.2, 0.25) is 0 Å². The molecule has 2 atom stereocenters. The molecule has 0 aromatic carbocycles. The highest BCUT2D eigenvalue weighted by Gasteiger charge is 2.33. The van der Waals surface area contributed by atoms with Crippen molar-refractivity contribution in [3.8, 4) is 0 Å². The highest BCUT2D eigenvalue weighted by atomic mass is 16.5. The standard InChI is InChI=1S/C13H22N4O/c1-9(14-11(8-18-2)10-5-6-10)13-16-15-12-4-3-7-17(12)13/h9-11,14H,3-8H2,1-2H3. The van der Waals surface area contributed by atoms with Crippen LogP contribution in [0.15, 0.2) is 0 Å². The van der Waals surface area contributed by atoms with Gasteiger partial charge in [-0.25, -0.2) is 0 Å². The fourth-order valence-electron chi connectivity index (χ4n) is 2.89. The highest BCUT2D eigenvalue weighted by Crippen LogP contribution is 2.34. The van der Waals surface area contributed by atoms with E-state index >= 15 is 0 Å². The molecule has 0 radical (unpaired) electrons. The van der Waals surface area contributed by atoms with Gasteiger partial charge in [-0.3, -0.25) is 0 Å². The number of hydrogen-bond acceptors (Lipinski definition) is 4. The summed E-state index contributed by atoms with van der Waals surface area (Å²) in [6.07, 6.45) is 4.93. The van der Waals surface area contributed by atoms with Crippen molar-refractivity contribution < 1.29 is 4.74 Å². The molecule has 0 amide bonds. The van der Waals surface area contributed by atoms with Crippen LogP contribution in [0.4, 0.5) is 0 Å². The molecule has 0 spiro atoms. The highest BCUT2D eigenvalue weighted by molar-refractivity contribution is 5.05. The van der Waals surface area contributed by atoms with E-state index in [0.29, 0.717) is 6.04 Å². The van der Waals surface area contributed by atoms with Crippen molar-refractivity contribution >= 4 is 0 Å². The molecule has 100 valence electrons. The SMILES string of the molecule is COCC(NC(C)c1nnc2n1CCC2)C1CC1. The van der Waals surface area contributed by atoms with Crippen LogP contribution in [0, 0.1) is 5.92 Å². The Balaban J connectivity index is 1.67. The number of aryl methyl sites for hydroxylation is 1. The van der Waals surface area contributed by atoms with E-state index in [4.69, 9.17) is 4.74 Å². The number of nitrogens with one attached hydrogen (secondary N) is 1. The Bertz CT molecular complexity index is 413. The predicted molar refractivity (Wildman–Crippen MR) is 68.3 cm³/mol. The minimum absolute atomic E-state index is 0.255. The lowest BCUT2D eigenvalue weighted by atomic mass is 10.1. The molecule has 5 nitrogen and oxygen atoms in total. The fourth-order valence-corrected chi connectivity index (χ4v) is 2.89. The Hall–Kier alpha value is -0.940. The number of aromatic nitrogens is 3. The first-order valence-electron chi connectivity index (χ1n) is 6.96. The summed E-state index contributed by atoms with van der Waals surface area (Å²) < 4.78 is 7.58. The summed E-state index contributed by atoms with van der Waals surface area (Å²) in [5.41, 5.74) is 0. The van der Waals surface area contributed by atoms with Gasteiger partial charge in [-0.15, -0.1) is 10.2 Å². The molecule has 1 N–H and O–H groups in total. The largest absolute Gasteiger partial charge is 0.383 e. The molecule has 2 aliphatic rings. The molecular formula is C13H22N4O. The first kappa shape index (κ1) is 12.1. The molecular weight excluding hydrogens is 228 g/mol. The van der Waals surface area contributed by atoms with Gasteiger partial charge >= 0.3 is 0 Å². The molecule has 3 rings (SSSR count). The number of nitrogens with zero attached hydrogens (tertiary/aromatic N) is 3. The third-order valence-electron chi connectivity index (χ3n) is 4.03. The first-order chi connectivity index (χ1) is 8.79. The lowest BCUT2D eigenvalue weighted by Gasteiger charge is -2.22. The Morgan fingerprint density at radius 2 is 2.28 bits per heavy atom. The summed E-state index contributed by atoms with van der Waals surface area (Å²) in [6, 6.07) is 0.712. The van der Waals surface area contributed by atoms with Crippen molar-refractivity contribution in [2.24, 2.45) is 5.92 Å². The fraction of sp³-hybridized carbons (Fsp3) is 0.846. The maximum absolute atomic E-state index is 5.31. The summed E-state index contributed by atoms with van der Waals surface area (Å²) in [7, 11) is 1.77. The van der Waals surface area contributed by atoms with Gasteiger partial charge in [-0.1, -0.05) is 0 Å². The van der Waals surface area contributed by atoms with E-state index in [9.17, 15) is 0 Å². The zero-order valence-corrected chi connectivity index (χ0v) is 11.2. The van der Waals surface area contributed by atoms with Crippen molar-refractivity contribution in [3.63, 3.8) is 0 Å². The molecule has 1 aromatic heterocycles. The van der Waals surface area contributed by atoms with Crippen LogP contribution in [0.1, 0.15) is 43.9 Å². The minimum atomic E-state index is 0.255. The zero-order chi connectivity index (χ0) is 12.5. The molecule has 0 saturated heterocycles. The van der Waals surface area contributed by atoms with Gasteiger partial charge in [0.1, 0.15) is 11.6 Å². The summed E-state index contributed by atoms with van der Waals surface area (Å²) in [5, 5.41) is 12.3. The number of ether oxygens (including phenoxy) is 1. The second-order valence-corrected chi connectivity index (χ2v) is 5.52. The summed E-state index contributed by atoms with van der Waals surface area (Å²) in [4.78, 5) is 0.